The number of carbonyl (C=O) groups excluding carboxylic acids is 1. The van der Waals surface area contributed by atoms with Crippen molar-refractivity contribution in [1.29, 1.82) is 0 Å². The molecule has 0 aliphatic heterocycles. The zero-order valence-corrected chi connectivity index (χ0v) is 17.3. The van der Waals surface area contributed by atoms with Crippen LogP contribution in [-0.4, -0.2) is 40.6 Å². The normalized spacial score (nSPS) is 10.8. The smallest absolute Gasteiger partial charge is 0.344 e. The highest BCUT2D eigenvalue weighted by Gasteiger charge is 2.23. The van der Waals surface area contributed by atoms with Crippen molar-refractivity contribution in [1.82, 2.24) is 15.0 Å². The maximum absolute atomic E-state index is 12.0. The summed E-state index contributed by atoms with van der Waals surface area (Å²) >= 11 is 8.05. The molecule has 2 aromatic rings. The fourth-order valence-electron chi connectivity index (χ4n) is 2.05. The van der Waals surface area contributed by atoms with E-state index < -0.39 is 12.0 Å². The van der Waals surface area contributed by atoms with Crippen LogP contribution in [0.4, 0.5) is 9.80 Å². The van der Waals surface area contributed by atoms with Crippen molar-refractivity contribution in [3.63, 3.8) is 0 Å². The van der Waals surface area contributed by atoms with Crippen molar-refractivity contribution >= 4 is 51.5 Å². The second-order valence-electron chi connectivity index (χ2n) is 5.83. The minimum Gasteiger partial charge on any atom is -0.477 e. The summed E-state index contributed by atoms with van der Waals surface area (Å²) in [5.74, 6) is -1.26. The molecule has 0 unspecified atom stereocenters. The number of aromatic nitrogens is 1. The fraction of sp³-hybridized carbons (Fsp3) is 0.438. The van der Waals surface area contributed by atoms with Gasteiger partial charge in [0.25, 0.3) is 0 Å². The van der Waals surface area contributed by atoms with E-state index in [4.69, 9.17) is 16.3 Å². The second-order valence-corrected chi connectivity index (χ2v) is 8.41. The maximum atomic E-state index is 12.0. The lowest BCUT2D eigenvalue weighted by Gasteiger charge is -2.09. The number of carboxylic acid groups (broad SMARTS) is 1. The molecule has 4 N–H and O–H groups in total. The zero-order chi connectivity index (χ0) is 19.8. The topological polar surface area (TPSA) is 113 Å². The van der Waals surface area contributed by atoms with Gasteiger partial charge in [-0.05, 0) is 36.6 Å². The summed E-state index contributed by atoms with van der Waals surface area (Å²) < 4.78 is 10.1. The van der Waals surface area contributed by atoms with Crippen LogP contribution >= 0.6 is 34.5 Å². The van der Waals surface area contributed by atoms with Gasteiger partial charge in [-0.1, -0.05) is 25.4 Å². The van der Waals surface area contributed by atoms with Gasteiger partial charge in [0, 0.05) is 17.5 Å². The Morgan fingerprint density at radius 3 is 2.74 bits per heavy atom. The first-order valence-electron chi connectivity index (χ1n) is 8.25. The Morgan fingerprint density at radius 1 is 1.33 bits per heavy atom. The van der Waals surface area contributed by atoms with Gasteiger partial charge in [-0.15, -0.1) is 11.3 Å². The monoisotopic (exact) mass is 432 g/mol. The van der Waals surface area contributed by atoms with Crippen molar-refractivity contribution in [3.8, 4) is 5.88 Å². The molecule has 0 fully saturated rings. The number of amides is 2. The average molecular weight is 433 g/mol. The predicted molar refractivity (Wildman–Crippen MR) is 108 cm³/mol. The lowest BCUT2D eigenvalue weighted by atomic mass is 10.3. The Morgan fingerprint density at radius 2 is 2.11 bits per heavy atom. The molecule has 0 bridgehead atoms. The minimum atomic E-state index is -1.22. The van der Waals surface area contributed by atoms with Crippen LogP contribution in [0.25, 0.3) is 0 Å². The van der Waals surface area contributed by atoms with Crippen LogP contribution in [0.15, 0.2) is 12.1 Å². The van der Waals surface area contributed by atoms with Crippen LogP contribution in [0.2, 0.25) is 4.34 Å². The molecule has 0 aliphatic rings. The molecule has 148 valence electrons. The molecule has 0 radical (unpaired) electrons. The van der Waals surface area contributed by atoms with Crippen LogP contribution in [0.3, 0.4) is 0 Å². The number of aromatic carboxylic acids is 1. The summed E-state index contributed by atoms with van der Waals surface area (Å²) in [7, 11) is 0. The zero-order valence-electron chi connectivity index (χ0n) is 14.9. The number of hydrogen-bond donors (Lipinski definition) is 4. The van der Waals surface area contributed by atoms with E-state index in [-0.39, 0.29) is 23.1 Å². The van der Waals surface area contributed by atoms with E-state index in [1.165, 1.54) is 11.3 Å². The molecule has 0 aromatic carbocycles. The lowest BCUT2D eigenvalue weighted by molar-refractivity contribution is 0.0693. The minimum absolute atomic E-state index is 0.0338. The number of ether oxygens (including phenoxy) is 1. The number of hydrogen-bond acceptors (Lipinski definition) is 7. The van der Waals surface area contributed by atoms with E-state index in [0.717, 1.165) is 29.4 Å². The van der Waals surface area contributed by atoms with E-state index in [0.29, 0.717) is 16.9 Å². The first kappa shape index (κ1) is 21.4. The number of rotatable bonds is 10. The summed E-state index contributed by atoms with van der Waals surface area (Å²) in [4.78, 5) is 24.4. The molecule has 2 aromatic heterocycles. The Balaban J connectivity index is 1.89. The fourth-order valence-corrected chi connectivity index (χ4v) is 3.77. The Labute approximate surface area is 170 Å². The van der Waals surface area contributed by atoms with E-state index in [1.54, 1.807) is 12.1 Å². The quantitative estimate of drug-likeness (QED) is 0.426. The number of carboxylic acids is 1. The van der Waals surface area contributed by atoms with Gasteiger partial charge in [0.2, 0.25) is 5.88 Å². The maximum Gasteiger partial charge on any atom is 0.344 e. The van der Waals surface area contributed by atoms with E-state index in [9.17, 15) is 14.7 Å². The number of carbonyl (C=O) groups is 2. The van der Waals surface area contributed by atoms with Gasteiger partial charge in [-0.3, -0.25) is 5.32 Å². The molecule has 2 rings (SSSR count). The first-order chi connectivity index (χ1) is 12.9. The van der Waals surface area contributed by atoms with Crippen LogP contribution in [0.5, 0.6) is 5.88 Å². The number of halogens is 1. The molecular formula is C16H21ClN4O4S2. The third kappa shape index (κ3) is 6.98. The second kappa shape index (κ2) is 10.5. The summed E-state index contributed by atoms with van der Waals surface area (Å²) in [6.45, 7) is 5.49. The highest BCUT2D eigenvalue weighted by atomic mass is 35.5. The Hall–Kier alpha value is -1.88. The molecule has 0 atom stereocenters. The first-order valence-corrected chi connectivity index (χ1v) is 10.2. The Bertz CT molecular complexity index is 778. The van der Waals surface area contributed by atoms with Gasteiger partial charge in [0.05, 0.1) is 4.34 Å². The van der Waals surface area contributed by atoms with Gasteiger partial charge >= 0.3 is 12.0 Å². The molecule has 0 aliphatic carbocycles. The molecule has 2 heterocycles. The third-order valence-electron chi connectivity index (χ3n) is 3.27. The van der Waals surface area contributed by atoms with Gasteiger partial charge in [-0.2, -0.15) is 4.37 Å². The number of thiophene rings is 1. The highest BCUT2D eigenvalue weighted by Crippen LogP contribution is 2.32. The third-order valence-corrected chi connectivity index (χ3v) is 5.22. The number of nitrogens with zero attached hydrogens (tertiary/aromatic N) is 1. The van der Waals surface area contributed by atoms with Crippen molar-refractivity contribution in [2.24, 2.45) is 0 Å². The standard InChI is InChI=1S/C16H21ClN4O4S2/c1-9(2)18-6-3-7-19-16(24)20-14-12(15(22)23)13(21-27-14)25-8-10-4-5-11(17)26-10/h4-5,9,18H,3,6-8H2,1-2H3,(H,22,23)(H2,19,20,24). The predicted octanol–water partition coefficient (Wildman–Crippen LogP) is 3.64. The van der Waals surface area contributed by atoms with Crippen LogP contribution < -0.4 is 20.7 Å². The summed E-state index contributed by atoms with van der Waals surface area (Å²) in [6, 6.07) is 3.43. The lowest BCUT2D eigenvalue weighted by Crippen LogP contribution is -2.32. The average Bonchev–Trinajstić information content (AvgIpc) is 3.18. The molecule has 0 saturated carbocycles. The van der Waals surface area contributed by atoms with Crippen LogP contribution in [0.1, 0.15) is 35.5 Å². The molecule has 8 nitrogen and oxygen atoms in total. The summed E-state index contributed by atoms with van der Waals surface area (Å²) in [6.07, 6.45) is 0.762. The largest absolute Gasteiger partial charge is 0.477 e. The SMILES string of the molecule is CC(C)NCCCNC(=O)Nc1snc(OCc2ccc(Cl)s2)c1C(=O)O. The van der Waals surface area contributed by atoms with Gasteiger partial charge < -0.3 is 20.5 Å². The number of nitrogens with one attached hydrogen (secondary N) is 3. The van der Waals surface area contributed by atoms with E-state index >= 15 is 0 Å². The van der Waals surface area contributed by atoms with Gasteiger partial charge in [0.15, 0.2) is 5.56 Å². The van der Waals surface area contributed by atoms with E-state index in [1.807, 2.05) is 13.8 Å². The van der Waals surface area contributed by atoms with Crippen LogP contribution in [-0.2, 0) is 6.61 Å². The summed E-state index contributed by atoms with van der Waals surface area (Å²) in [5, 5.41) is 18.0. The summed E-state index contributed by atoms with van der Waals surface area (Å²) in [5.41, 5.74) is -0.167. The molecule has 0 spiro atoms. The molecule has 0 saturated heterocycles. The van der Waals surface area contributed by atoms with Crippen molar-refractivity contribution in [2.45, 2.75) is 32.9 Å². The molecule has 27 heavy (non-hydrogen) atoms. The van der Waals surface area contributed by atoms with Crippen molar-refractivity contribution in [2.75, 3.05) is 18.4 Å². The van der Waals surface area contributed by atoms with E-state index in [2.05, 4.69) is 20.3 Å². The number of anilines is 1. The molecule has 11 heteroatoms. The van der Waals surface area contributed by atoms with Crippen molar-refractivity contribution in [3.05, 3.63) is 26.9 Å². The molecule has 2 amide bonds. The van der Waals surface area contributed by atoms with Crippen LogP contribution in [0, 0.1) is 0 Å². The number of urea groups is 1. The van der Waals surface area contributed by atoms with Crippen molar-refractivity contribution < 1.29 is 19.4 Å². The highest BCUT2D eigenvalue weighted by molar-refractivity contribution is 7.16. The Kier molecular flexibility index (Phi) is 8.29. The van der Waals surface area contributed by atoms with Gasteiger partial charge in [-0.25, -0.2) is 9.59 Å². The van der Waals surface area contributed by atoms with Gasteiger partial charge in [0.1, 0.15) is 11.6 Å². The molecular weight excluding hydrogens is 412 g/mol.